The maximum absolute atomic E-state index is 12.8. The summed E-state index contributed by atoms with van der Waals surface area (Å²) in [5.41, 5.74) is -1.19. The van der Waals surface area contributed by atoms with Crippen LogP contribution in [0, 0.1) is 0 Å². The number of aromatic nitrogens is 2. The van der Waals surface area contributed by atoms with Gasteiger partial charge in [-0.15, -0.1) is 0 Å². The van der Waals surface area contributed by atoms with Crippen LogP contribution in [0.2, 0.25) is 0 Å². The molecule has 1 aromatic rings. The minimum Gasteiger partial charge on any atom is -0.444 e. The van der Waals surface area contributed by atoms with E-state index in [-0.39, 0.29) is 6.09 Å². The van der Waals surface area contributed by atoms with Crippen molar-refractivity contribution < 1.29 is 9.53 Å². The van der Waals surface area contributed by atoms with Crippen LogP contribution in [0.5, 0.6) is 0 Å². The van der Waals surface area contributed by atoms with Crippen LogP contribution >= 0.6 is 0 Å². The highest BCUT2D eigenvalue weighted by atomic mass is 16.6. The molecule has 2 saturated heterocycles. The first-order chi connectivity index (χ1) is 10.9. The SMILES string of the molecule is CC(C)(C)OC(=O)N1CCNCC1(c1ncccn1)N1CCC1. The molecule has 2 fully saturated rings. The monoisotopic (exact) mass is 319 g/mol. The van der Waals surface area contributed by atoms with Gasteiger partial charge in [0.05, 0.1) is 0 Å². The van der Waals surface area contributed by atoms with Gasteiger partial charge in [-0.1, -0.05) is 0 Å². The third-order valence-corrected chi connectivity index (χ3v) is 4.25. The normalized spacial score (nSPS) is 25.8. The third-order valence-electron chi connectivity index (χ3n) is 4.25. The second kappa shape index (κ2) is 6.05. The predicted octanol–water partition coefficient (Wildman–Crippen LogP) is 1.18. The lowest BCUT2D eigenvalue weighted by molar-refractivity contribution is -0.113. The number of hydrogen-bond acceptors (Lipinski definition) is 6. The van der Waals surface area contributed by atoms with Gasteiger partial charge in [-0.25, -0.2) is 14.8 Å². The molecule has 3 heterocycles. The molecule has 7 heteroatoms. The minimum atomic E-state index is -0.667. The largest absolute Gasteiger partial charge is 0.444 e. The van der Waals surface area contributed by atoms with E-state index in [1.807, 2.05) is 20.8 Å². The zero-order chi connectivity index (χ0) is 16.5. The second-order valence-electron chi connectivity index (χ2n) is 7.04. The number of nitrogens with one attached hydrogen (secondary N) is 1. The molecular weight excluding hydrogens is 294 g/mol. The molecule has 1 atom stereocenters. The van der Waals surface area contributed by atoms with E-state index in [1.54, 1.807) is 23.4 Å². The number of hydrogen-bond donors (Lipinski definition) is 1. The van der Waals surface area contributed by atoms with Crippen molar-refractivity contribution in [1.82, 2.24) is 25.1 Å². The van der Waals surface area contributed by atoms with Crippen LogP contribution in [0.4, 0.5) is 4.79 Å². The number of ether oxygens (including phenoxy) is 1. The second-order valence-corrected chi connectivity index (χ2v) is 7.04. The third kappa shape index (κ3) is 3.03. The van der Waals surface area contributed by atoms with E-state index in [4.69, 9.17) is 4.74 Å². The Labute approximate surface area is 137 Å². The summed E-state index contributed by atoms with van der Waals surface area (Å²) in [4.78, 5) is 25.8. The highest BCUT2D eigenvalue weighted by Gasteiger charge is 2.52. The molecule has 0 radical (unpaired) electrons. The van der Waals surface area contributed by atoms with Gasteiger partial charge in [0.15, 0.2) is 11.5 Å². The molecular formula is C16H25N5O2. The Morgan fingerprint density at radius 1 is 1.26 bits per heavy atom. The number of nitrogens with zero attached hydrogens (tertiary/aromatic N) is 4. The fraction of sp³-hybridized carbons (Fsp3) is 0.688. The zero-order valence-corrected chi connectivity index (χ0v) is 14.1. The minimum absolute atomic E-state index is 0.307. The van der Waals surface area contributed by atoms with E-state index < -0.39 is 11.3 Å². The summed E-state index contributed by atoms with van der Waals surface area (Å²) in [6, 6.07) is 1.79. The fourth-order valence-corrected chi connectivity index (χ4v) is 3.11. The van der Waals surface area contributed by atoms with Crippen LogP contribution in [-0.4, -0.2) is 64.2 Å². The summed E-state index contributed by atoms with van der Waals surface area (Å²) < 4.78 is 5.65. The number of piperazine rings is 1. The molecule has 0 saturated carbocycles. The van der Waals surface area contributed by atoms with Gasteiger partial charge in [0.1, 0.15) is 5.60 Å². The van der Waals surface area contributed by atoms with Gasteiger partial charge in [-0.3, -0.25) is 9.80 Å². The van der Waals surface area contributed by atoms with Gasteiger partial charge in [0.25, 0.3) is 0 Å². The molecule has 3 rings (SSSR count). The van der Waals surface area contributed by atoms with Crippen LogP contribution in [-0.2, 0) is 10.4 Å². The Balaban J connectivity index is 1.99. The number of carbonyl (C=O) groups is 1. The Morgan fingerprint density at radius 3 is 2.52 bits per heavy atom. The summed E-state index contributed by atoms with van der Waals surface area (Å²) in [6.07, 6.45) is 4.27. The van der Waals surface area contributed by atoms with Crippen molar-refractivity contribution in [2.45, 2.75) is 38.5 Å². The van der Waals surface area contributed by atoms with Gasteiger partial charge < -0.3 is 10.1 Å². The lowest BCUT2D eigenvalue weighted by atomic mass is 9.97. The lowest BCUT2D eigenvalue weighted by Crippen LogP contribution is -2.71. The molecule has 1 amide bonds. The Hall–Kier alpha value is -1.73. The Bertz CT molecular complexity index is 555. The first-order valence-electron chi connectivity index (χ1n) is 8.17. The van der Waals surface area contributed by atoms with Crippen molar-refractivity contribution in [3.8, 4) is 0 Å². The van der Waals surface area contributed by atoms with Crippen LogP contribution in [0.3, 0.4) is 0 Å². The quantitative estimate of drug-likeness (QED) is 0.882. The number of rotatable bonds is 2. The number of likely N-dealkylation sites (tertiary alicyclic amines) is 1. The molecule has 0 aromatic carbocycles. The highest BCUT2D eigenvalue weighted by molar-refractivity contribution is 5.69. The Morgan fingerprint density at radius 2 is 1.96 bits per heavy atom. The first kappa shape index (κ1) is 16.1. The number of amides is 1. The van der Waals surface area contributed by atoms with Crippen LogP contribution in [0.15, 0.2) is 18.5 Å². The molecule has 23 heavy (non-hydrogen) atoms. The van der Waals surface area contributed by atoms with Gasteiger partial charge in [-0.05, 0) is 33.3 Å². The van der Waals surface area contributed by atoms with E-state index in [9.17, 15) is 4.79 Å². The maximum atomic E-state index is 12.8. The topological polar surface area (TPSA) is 70.6 Å². The smallest absolute Gasteiger partial charge is 0.412 e. The lowest BCUT2D eigenvalue weighted by Gasteiger charge is -2.54. The summed E-state index contributed by atoms with van der Waals surface area (Å²) in [7, 11) is 0. The molecule has 2 aliphatic heterocycles. The summed E-state index contributed by atoms with van der Waals surface area (Å²) >= 11 is 0. The highest BCUT2D eigenvalue weighted by Crippen LogP contribution is 2.36. The standard InChI is InChI=1S/C16H25N5O2/c1-15(2,3)23-14(22)21-11-8-17-12-16(21,20-9-5-10-20)13-18-6-4-7-19-13/h4,6-7,17H,5,8-12H2,1-3H3. The molecule has 0 aliphatic carbocycles. The van der Waals surface area contributed by atoms with Gasteiger partial charge in [0.2, 0.25) is 0 Å². The molecule has 1 N–H and O–H groups in total. The van der Waals surface area contributed by atoms with E-state index in [1.165, 1.54) is 0 Å². The maximum Gasteiger partial charge on any atom is 0.412 e. The summed E-state index contributed by atoms with van der Waals surface area (Å²) in [6.45, 7) is 9.44. The average molecular weight is 319 g/mol. The number of carbonyl (C=O) groups excluding carboxylic acids is 1. The van der Waals surface area contributed by atoms with Crippen molar-refractivity contribution in [1.29, 1.82) is 0 Å². The zero-order valence-electron chi connectivity index (χ0n) is 14.1. The molecule has 126 valence electrons. The summed E-state index contributed by atoms with van der Waals surface area (Å²) in [5.74, 6) is 0.651. The average Bonchev–Trinajstić information content (AvgIpc) is 2.45. The van der Waals surface area contributed by atoms with Gasteiger partial charge in [-0.2, -0.15) is 0 Å². The van der Waals surface area contributed by atoms with Gasteiger partial charge >= 0.3 is 6.09 Å². The van der Waals surface area contributed by atoms with E-state index >= 15 is 0 Å². The molecule has 0 spiro atoms. The Kier molecular flexibility index (Phi) is 4.25. The predicted molar refractivity (Wildman–Crippen MR) is 85.7 cm³/mol. The molecule has 7 nitrogen and oxygen atoms in total. The van der Waals surface area contributed by atoms with Gasteiger partial charge in [0, 0.05) is 45.1 Å². The van der Waals surface area contributed by atoms with Crippen LogP contribution in [0.1, 0.15) is 33.0 Å². The van der Waals surface area contributed by atoms with Crippen molar-refractivity contribution >= 4 is 6.09 Å². The molecule has 1 unspecified atom stereocenters. The van der Waals surface area contributed by atoms with Crippen LogP contribution in [0.25, 0.3) is 0 Å². The first-order valence-corrected chi connectivity index (χ1v) is 8.17. The van der Waals surface area contributed by atoms with Crippen molar-refractivity contribution in [3.05, 3.63) is 24.3 Å². The van der Waals surface area contributed by atoms with Crippen molar-refractivity contribution in [2.75, 3.05) is 32.7 Å². The molecule has 2 aliphatic rings. The fourth-order valence-electron chi connectivity index (χ4n) is 3.11. The molecule has 1 aromatic heterocycles. The van der Waals surface area contributed by atoms with E-state index in [0.717, 1.165) is 26.1 Å². The molecule has 0 bridgehead atoms. The van der Waals surface area contributed by atoms with Crippen LogP contribution < -0.4 is 5.32 Å². The summed E-state index contributed by atoms with van der Waals surface area (Å²) in [5, 5.41) is 3.40. The van der Waals surface area contributed by atoms with Crippen molar-refractivity contribution in [2.24, 2.45) is 0 Å². The van der Waals surface area contributed by atoms with E-state index in [2.05, 4.69) is 20.2 Å². The van der Waals surface area contributed by atoms with Crippen molar-refractivity contribution in [3.63, 3.8) is 0 Å². The van der Waals surface area contributed by atoms with E-state index in [0.29, 0.717) is 18.9 Å².